The monoisotopic (exact) mass is 431 g/mol. The molecule has 0 saturated heterocycles. The number of nitrogens with one attached hydrogen (secondary N) is 1. The van der Waals surface area contributed by atoms with Crippen LogP contribution in [0.5, 0.6) is 0 Å². The quantitative estimate of drug-likeness (QED) is 0.610. The molecular weight excluding hydrogens is 418 g/mol. The third kappa shape index (κ3) is 6.54. The molecule has 3 rings (SSSR count). The molecule has 0 aliphatic rings. The van der Waals surface area contributed by atoms with E-state index in [1.165, 1.54) is 24.3 Å². The zero-order valence-corrected chi connectivity index (χ0v) is 15.3. The van der Waals surface area contributed by atoms with Crippen molar-refractivity contribution < 1.29 is 32.0 Å². The number of alkyl halides is 3. The number of aromatic nitrogens is 2. The Balaban J connectivity index is 0.000000208. The molecule has 0 spiro atoms. The van der Waals surface area contributed by atoms with Crippen LogP contribution in [0.2, 0.25) is 5.02 Å². The van der Waals surface area contributed by atoms with Gasteiger partial charge in [0, 0.05) is 17.7 Å². The van der Waals surface area contributed by atoms with Crippen LogP contribution in [0.1, 0.15) is 15.9 Å². The topological polar surface area (TPSA) is 88.2 Å². The molecule has 1 aromatic heterocycles. The van der Waals surface area contributed by atoms with Crippen molar-refractivity contribution in [1.82, 2.24) is 15.5 Å². The second-order valence-electron chi connectivity index (χ2n) is 5.44. The Morgan fingerprint density at radius 2 is 1.86 bits per heavy atom. The Bertz CT molecular complexity index is 933. The fourth-order valence-electron chi connectivity index (χ4n) is 2.01. The van der Waals surface area contributed by atoms with Gasteiger partial charge in [-0.25, -0.2) is 4.39 Å². The Labute approximate surface area is 167 Å². The van der Waals surface area contributed by atoms with E-state index in [1.54, 1.807) is 0 Å². The first kappa shape index (κ1) is 22.3. The smallest absolute Gasteiger partial charge is 0.395 e. The minimum atomic E-state index is -4.32. The highest BCUT2D eigenvalue weighted by atomic mass is 35.5. The van der Waals surface area contributed by atoms with E-state index in [4.69, 9.17) is 16.7 Å². The summed E-state index contributed by atoms with van der Waals surface area (Å²) in [5.74, 6) is -0.685. The SMILES string of the molecule is FC(F)(F)c1ccc(-c2ncon2)cc1.O=C(NCCO)c1ccc(F)c(Cl)c1. The van der Waals surface area contributed by atoms with Crippen LogP contribution in [-0.4, -0.2) is 34.3 Å². The molecule has 1 amide bonds. The maximum atomic E-state index is 12.7. The highest BCUT2D eigenvalue weighted by molar-refractivity contribution is 6.31. The summed E-state index contributed by atoms with van der Waals surface area (Å²) in [5.41, 5.74) is 0.0522. The average molecular weight is 432 g/mol. The maximum absolute atomic E-state index is 12.7. The highest BCUT2D eigenvalue weighted by Crippen LogP contribution is 2.30. The van der Waals surface area contributed by atoms with Gasteiger partial charge >= 0.3 is 6.18 Å². The lowest BCUT2D eigenvalue weighted by Gasteiger charge is -2.05. The lowest BCUT2D eigenvalue weighted by atomic mass is 10.1. The molecule has 0 aliphatic heterocycles. The fraction of sp³-hybridized carbons (Fsp3) is 0.167. The summed E-state index contributed by atoms with van der Waals surface area (Å²) in [6.45, 7) is 0.0223. The Hall–Kier alpha value is -2.98. The van der Waals surface area contributed by atoms with Crippen molar-refractivity contribution in [2.75, 3.05) is 13.2 Å². The number of hydrogen-bond donors (Lipinski definition) is 2. The van der Waals surface area contributed by atoms with E-state index in [0.29, 0.717) is 5.56 Å². The van der Waals surface area contributed by atoms with Gasteiger partial charge in [0.25, 0.3) is 5.91 Å². The summed E-state index contributed by atoms with van der Waals surface area (Å²) < 4.78 is 53.8. The number of benzene rings is 2. The van der Waals surface area contributed by atoms with E-state index in [-0.39, 0.29) is 35.5 Å². The number of carbonyl (C=O) groups is 1. The summed E-state index contributed by atoms with van der Waals surface area (Å²) in [6, 6.07) is 8.24. The first-order valence-corrected chi connectivity index (χ1v) is 8.38. The van der Waals surface area contributed by atoms with Crippen molar-refractivity contribution in [3.05, 3.63) is 70.8 Å². The van der Waals surface area contributed by atoms with Crippen LogP contribution in [0.15, 0.2) is 53.4 Å². The fourth-order valence-corrected chi connectivity index (χ4v) is 2.20. The van der Waals surface area contributed by atoms with E-state index in [9.17, 15) is 22.4 Å². The molecule has 1 heterocycles. The molecule has 154 valence electrons. The Morgan fingerprint density at radius 1 is 1.17 bits per heavy atom. The van der Waals surface area contributed by atoms with Gasteiger partial charge in [-0.2, -0.15) is 18.2 Å². The summed E-state index contributed by atoms with van der Waals surface area (Å²) >= 11 is 5.49. The van der Waals surface area contributed by atoms with Gasteiger partial charge in [0.15, 0.2) is 0 Å². The zero-order valence-electron chi connectivity index (χ0n) is 14.6. The number of nitrogens with zero attached hydrogens (tertiary/aromatic N) is 2. The van der Waals surface area contributed by atoms with E-state index >= 15 is 0 Å². The molecular formula is C18H14ClF4N3O3. The number of hydrogen-bond acceptors (Lipinski definition) is 5. The molecule has 0 saturated carbocycles. The molecule has 0 atom stereocenters. The second kappa shape index (κ2) is 9.99. The van der Waals surface area contributed by atoms with Gasteiger partial charge in [0.2, 0.25) is 12.2 Å². The van der Waals surface area contributed by atoms with Gasteiger partial charge in [0.05, 0.1) is 17.2 Å². The molecule has 2 N–H and O–H groups in total. The van der Waals surface area contributed by atoms with Crippen LogP contribution < -0.4 is 5.32 Å². The number of carbonyl (C=O) groups excluding carboxylic acids is 1. The van der Waals surface area contributed by atoms with Crippen LogP contribution in [0.25, 0.3) is 11.4 Å². The van der Waals surface area contributed by atoms with Gasteiger partial charge < -0.3 is 14.9 Å². The molecule has 2 aromatic carbocycles. The largest absolute Gasteiger partial charge is 0.416 e. The van der Waals surface area contributed by atoms with E-state index in [0.717, 1.165) is 24.6 Å². The molecule has 6 nitrogen and oxygen atoms in total. The van der Waals surface area contributed by atoms with E-state index in [2.05, 4.69) is 20.0 Å². The standard InChI is InChI=1S/C9H9ClFNO2.C9H5F3N2O/c10-7-5-6(1-2-8(7)11)9(14)12-3-4-13;10-9(11,12)7-3-1-6(2-4-7)8-13-5-15-14-8/h1-2,5,13H,3-4H2,(H,12,14);1-5H. The van der Waals surface area contributed by atoms with Crippen molar-refractivity contribution in [3.8, 4) is 11.4 Å². The Morgan fingerprint density at radius 3 is 2.38 bits per heavy atom. The van der Waals surface area contributed by atoms with E-state index < -0.39 is 17.6 Å². The first-order valence-electron chi connectivity index (χ1n) is 8.00. The van der Waals surface area contributed by atoms with Crippen LogP contribution in [0.4, 0.5) is 17.6 Å². The third-order valence-electron chi connectivity index (χ3n) is 3.41. The maximum Gasteiger partial charge on any atom is 0.416 e. The van der Waals surface area contributed by atoms with Crippen molar-refractivity contribution in [1.29, 1.82) is 0 Å². The summed E-state index contributed by atoms with van der Waals surface area (Å²) in [4.78, 5) is 15.0. The number of rotatable bonds is 4. The van der Waals surface area contributed by atoms with Crippen molar-refractivity contribution >= 4 is 17.5 Å². The van der Waals surface area contributed by atoms with Gasteiger partial charge in [-0.1, -0.05) is 28.9 Å². The summed E-state index contributed by atoms with van der Waals surface area (Å²) in [6.07, 6.45) is -3.21. The third-order valence-corrected chi connectivity index (χ3v) is 3.70. The number of aliphatic hydroxyl groups excluding tert-OH is 1. The molecule has 0 aliphatic carbocycles. The van der Waals surface area contributed by atoms with Crippen molar-refractivity contribution in [2.45, 2.75) is 6.18 Å². The van der Waals surface area contributed by atoms with Crippen molar-refractivity contribution in [2.24, 2.45) is 0 Å². The number of amides is 1. The second-order valence-corrected chi connectivity index (χ2v) is 5.85. The predicted molar refractivity (Wildman–Crippen MR) is 95.6 cm³/mol. The van der Waals surface area contributed by atoms with Crippen LogP contribution in [-0.2, 0) is 6.18 Å². The lowest BCUT2D eigenvalue weighted by Crippen LogP contribution is -2.26. The Kier molecular flexibility index (Phi) is 7.68. The highest BCUT2D eigenvalue weighted by Gasteiger charge is 2.30. The van der Waals surface area contributed by atoms with Gasteiger partial charge in [-0.15, -0.1) is 0 Å². The summed E-state index contributed by atoms with van der Waals surface area (Å²) in [5, 5.41) is 14.3. The summed E-state index contributed by atoms with van der Waals surface area (Å²) in [7, 11) is 0. The minimum Gasteiger partial charge on any atom is -0.395 e. The number of aliphatic hydroxyl groups is 1. The molecule has 29 heavy (non-hydrogen) atoms. The molecule has 0 fully saturated rings. The predicted octanol–water partition coefficient (Wildman–Crippen LogP) is 3.96. The van der Waals surface area contributed by atoms with Gasteiger partial charge in [-0.3, -0.25) is 4.79 Å². The molecule has 3 aromatic rings. The average Bonchev–Trinajstić information content (AvgIpc) is 3.23. The van der Waals surface area contributed by atoms with Gasteiger partial charge in [0.1, 0.15) is 5.82 Å². The minimum absolute atomic E-state index is 0.0957. The molecule has 0 bridgehead atoms. The molecule has 0 unspecified atom stereocenters. The first-order chi connectivity index (χ1) is 13.7. The van der Waals surface area contributed by atoms with Crippen LogP contribution in [0, 0.1) is 5.82 Å². The normalized spacial score (nSPS) is 10.8. The van der Waals surface area contributed by atoms with Crippen LogP contribution in [0.3, 0.4) is 0 Å². The van der Waals surface area contributed by atoms with Crippen LogP contribution >= 0.6 is 11.6 Å². The number of halogens is 5. The van der Waals surface area contributed by atoms with Crippen molar-refractivity contribution in [3.63, 3.8) is 0 Å². The molecule has 0 radical (unpaired) electrons. The lowest BCUT2D eigenvalue weighted by molar-refractivity contribution is -0.137. The van der Waals surface area contributed by atoms with Gasteiger partial charge in [-0.05, 0) is 30.3 Å². The zero-order chi connectivity index (χ0) is 21.4. The van der Waals surface area contributed by atoms with E-state index in [1.807, 2.05) is 0 Å². The molecule has 11 heteroatoms.